The number of aromatic nitrogens is 5. The van der Waals surface area contributed by atoms with Crippen molar-refractivity contribution in [3.8, 4) is 11.1 Å². The van der Waals surface area contributed by atoms with Gasteiger partial charge < -0.3 is 34.7 Å². The fraction of sp³-hybridized carbons (Fsp3) is 0.560. The lowest BCUT2D eigenvalue weighted by molar-refractivity contribution is -0.135. The number of nitrogens with zero attached hydrogens (tertiary/aromatic N) is 7. The molecule has 0 bridgehead atoms. The van der Waals surface area contributed by atoms with Gasteiger partial charge in [-0.2, -0.15) is 4.98 Å². The van der Waals surface area contributed by atoms with Crippen molar-refractivity contribution < 1.29 is 29.0 Å². The van der Waals surface area contributed by atoms with E-state index < -0.39 is 11.9 Å². The number of unbranched alkanes of at least 4 members (excludes halogenated alkanes) is 1. The van der Waals surface area contributed by atoms with Crippen LogP contribution in [0.25, 0.3) is 33.2 Å². The van der Waals surface area contributed by atoms with E-state index in [0.717, 1.165) is 124 Å². The smallest absolute Gasteiger partial charge is 0.329 e. The molecule has 0 spiro atoms. The molecule has 1 aliphatic carbocycles. The highest BCUT2D eigenvalue weighted by Crippen LogP contribution is 2.37. The summed E-state index contributed by atoms with van der Waals surface area (Å²) in [5.74, 6) is -0.0803. The van der Waals surface area contributed by atoms with Crippen LogP contribution in [0.5, 0.6) is 0 Å². The number of carbonyl (C=O) groups is 3. The van der Waals surface area contributed by atoms with Crippen molar-refractivity contribution in [2.75, 3.05) is 71.0 Å². The number of imidazole rings is 1. The summed E-state index contributed by atoms with van der Waals surface area (Å²) in [6.45, 7) is 9.79. The van der Waals surface area contributed by atoms with Gasteiger partial charge in [0, 0.05) is 115 Å². The van der Waals surface area contributed by atoms with Crippen molar-refractivity contribution in [2.45, 2.75) is 109 Å². The summed E-state index contributed by atoms with van der Waals surface area (Å²) >= 11 is 0. The number of hydrogen-bond donors (Lipinski definition) is 4. The number of urea groups is 1. The van der Waals surface area contributed by atoms with E-state index in [-0.39, 0.29) is 30.2 Å². The second kappa shape index (κ2) is 22.9. The minimum atomic E-state index is -0.693. The molecule has 2 aromatic carbocycles. The standard InChI is InChI=1S/C50H68N10O7/c1-3-4-21-51-48-53-32-40-41(34-59(46(40)55-48)38-14-16-39(61)17-15-38)37-12-9-36(10-13-37)33-57-23-25-58(26-24-57)49(64)52-22-6-28-67-30-7-29-66-27-5-8-35-11-18-42-44(31-35)56(2)50(65)60(42)43-19-20-45(62)54-47(43)63/h9-13,18,31-32,34,38-39,43,61H,3-8,14-17,19-30,33H2,1-2H3,(H,52,64)(H,51,53,55)(H,54,62,63). The molecule has 8 rings (SSSR count). The predicted octanol–water partition coefficient (Wildman–Crippen LogP) is 5.69. The zero-order valence-corrected chi connectivity index (χ0v) is 39.2. The number of anilines is 1. The number of carbonyl (C=O) groups excluding carboxylic acids is 3. The van der Waals surface area contributed by atoms with Gasteiger partial charge in [-0.15, -0.1) is 0 Å². The Morgan fingerprint density at radius 3 is 2.33 bits per heavy atom. The Kier molecular flexibility index (Phi) is 16.4. The molecule has 3 fully saturated rings. The van der Waals surface area contributed by atoms with Gasteiger partial charge in [0.15, 0.2) is 0 Å². The van der Waals surface area contributed by atoms with Crippen LogP contribution in [0.1, 0.15) is 101 Å². The molecule has 17 heteroatoms. The SMILES string of the molecule is CCCCNc1ncc2c(-c3ccc(CN4CCN(C(=O)NCCCOCCCOCCCc5ccc6c(c5)n(C)c(=O)n6C5CCC(=O)NC5=O)CC4)cc3)cn(C3CCC(O)CC3)c2n1. The van der Waals surface area contributed by atoms with E-state index >= 15 is 0 Å². The predicted molar refractivity (Wildman–Crippen MR) is 258 cm³/mol. The first kappa shape index (κ1) is 47.9. The zero-order chi connectivity index (χ0) is 46.7. The molecule has 4 N–H and O–H groups in total. The molecule has 1 atom stereocenters. The van der Waals surface area contributed by atoms with Gasteiger partial charge in [-0.05, 0) is 93.0 Å². The molecule has 17 nitrogen and oxygen atoms in total. The molecule has 1 unspecified atom stereocenters. The first-order chi connectivity index (χ1) is 32.7. The fourth-order valence-electron chi connectivity index (χ4n) is 9.61. The number of aliphatic hydroxyl groups is 1. The van der Waals surface area contributed by atoms with Gasteiger partial charge in [0.25, 0.3) is 0 Å². The highest BCUT2D eigenvalue weighted by molar-refractivity contribution is 6.00. The molecule has 2 aliphatic heterocycles. The summed E-state index contributed by atoms with van der Waals surface area (Å²) < 4.78 is 17.0. The molecule has 3 aliphatic rings. The number of aryl methyl sites for hydroxylation is 2. The van der Waals surface area contributed by atoms with Crippen LogP contribution in [0.2, 0.25) is 0 Å². The van der Waals surface area contributed by atoms with Gasteiger partial charge in [0.05, 0.1) is 17.1 Å². The minimum Gasteiger partial charge on any atom is -0.393 e. The number of benzene rings is 2. The van der Waals surface area contributed by atoms with Crippen molar-refractivity contribution in [1.82, 2.24) is 44.1 Å². The second-order valence-corrected chi connectivity index (χ2v) is 18.4. The number of amides is 4. The molecule has 3 aromatic heterocycles. The topological polar surface area (TPSA) is 190 Å². The third-order valence-corrected chi connectivity index (χ3v) is 13.5. The quantitative estimate of drug-likeness (QED) is 0.0523. The lowest BCUT2D eigenvalue weighted by atomic mass is 9.93. The number of piperidine rings is 1. The van der Waals surface area contributed by atoms with Crippen LogP contribution in [-0.2, 0) is 39.1 Å². The molecule has 2 saturated heterocycles. The molecule has 4 amide bonds. The van der Waals surface area contributed by atoms with Gasteiger partial charge >= 0.3 is 11.7 Å². The second-order valence-electron chi connectivity index (χ2n) is 18.4. The van der Waals surface area contributed by atoms with Crippen LogP contribution in [0.15, 0.2) is 59.7 Å². The first-order valence-corrected chi connectivity index (χ1v) is 24.5. The molecule has 5 heterocycles. The summed E-state index contributed by atoms with van der Waals surface area (Å²) in [6.07, 6.45) is 13.3. The summed E-state index contributed by atoms with van der Waals surface area (Å²) in [7, 11) is 1.70. The third-order valence-electron chi connectivity index (χ3n) is 13.5. The number of aliphatic hydroxyl groups excluding tert-OH is 1. The van der Waals surface area contributed by atoms with Crippen LogP contribution >= 0.6 is 0 Å². The number of rotatable bonds is 21. The molecular weight excluding hydrogens is 853 g/mol. The van der Waals surface area contributed by atoms with Gasteiger partial charge in [-0.25, -0.2) is 14.6 Å². The maximum absolute atomic E-state index is 13.0. The average Bonchev–Trinajstić information content (AvgIpc) is 3.83. The summed E-state index contributed by atoms with van der Waals surface area (Å²) in [4.78, 5) is 64.0. The Labute approximate surface area is 392 Å². The highest BCUT2D eigenvalue weighted by Gasteiger charge is 2.31. The number of nitrogens with one attached hydrogen (secondary N) is 3. The van der Waals surface area contributed by atoms with Crippen molar-refractivity contribution in [2.24, 2.45) is 7.05 Å². The molecule has 0 radical (unpaired) electrons. The van der Waals surface area contributed by atoms with Gasteiger partial charge in [0.1, 0.15) is 11.7 Å². The van der Waals surface area contributed by atoms with Crippen LogP contribution in [0, 0.1) is 0 Å². The van der Waals surface area contributed by atoms with Crippen LogP contribution in [-0.4, -0.2) is 128 Å². The van der Waals surface area contributed by atoms with E-state index in [1.807, 2.05) is 29.3 Å². The Bertz CT molecular complexity index is 2520. The van der Waals surface area contributed by atoms with Gasteiger partial charge in [-0.3, -0.25) is 28.9 Å². The number of hydrogen-bond acceptors (Lipinski definition) is 11. The maximum Gasteiger partial charge on any atom is 0.329 e. The fourth-order valence-corrected chi connectivity index (χ4v) is 9.61. The number of fused-ring (bicyclic) bond motifs is 2. The Morgan fingerprint density at radius 2 is 1.58 bits per heavy atom. The van der Waals surface area contributed by atoms with Crippen molar-refractivity contribution >= 4 is 45.9 Å². The van der Waals surface area contributed by atoms with Crippen LogP contribution < -0.4 is 21.6 Å². The largest absolute Gasteiger partial charge is 0.393 e. The summed E-state index contributed by atoms with van der Waals surface area (Å²) in [6, 6.07) is 14.2. The van der Waals surface area contributed by atoms with Crippen LogP contribution in [0.3, 0.4) is 0 Å². The average molecular weight is 921 g/mol. The minimum absolute atomic E-state index is 0.0246. The van der Waals surface area contributed by atoms with E-state index in [9.17, 15) is 24.3 Å². The summed E-state index contributed by atoms with van der Waals surface area (Å²) in [5, 5.41) is 20.0. The lowest BCUT2D eigenvalue weighted by Crippen LogP contribution is -2.51. The van der Waals surface area contributed by atoms with Crippen LogP contribution in [0.4, 0.5) is 10.7 Å². The molecule has 1 saturated carbocycles. The monoisotopic (exact) mass is 921 g/mol. The number of piperazine rings is 1. The molecule has 360 valence electrons. The van der Waals surface area contributed by atoms with Gasteiger partial charge in [-0.1, -0.05) is 43.7 Å². The molecule has 5 aromatic rings. The number of ether oxygens (including phenoxy) is 2. The zero-order valence-electron chi connectivity index (χ0n) is 39.2. The Balaban J connectivity index is 0.688. The van der Waals surface area contributed by atoms with Gasteiger partial charge in [0.2, 0.25) is 17.8 Å². The maximum atomic E-state index is 13.0. The van der Waals surface area contributed by atoms with E-state index in [2.05, 4.69) is 67.8 Å². The normalized spacial score (nSPS) is 19.3. The third kappa shape index (κ3) is 11.9. The Morgan fingerprint density at radius 1 is 0.851 bits per heavy atom. The highest BCUT2D eigenvalue weighted by atomic mass is 16.5. The van der Waals surface area contributed by atoms with E-state index in [1.165, 1.54) is 10.1 Å². The summed E-state index contributed by atoms with van der Waals surface area (Å²) in [5.41, 5.74) is 6.70. The van der Waals surface area contributed by atoms with E-state index in [1.54, 1.807) is 11.6 Å². The van der Waals surface area contributed by atoms with E-state index in [4.69, 9.17) is 14.5 Å². The molecular formula is C50H68N10O7. The first-order valence-electron chi connectivity index (χ1n) is 24.5. The number of imide groups is 1. The van der Waals surface area contributed by atoms with Crippen molar-refractivity contribution in [1.29, 1.82) is 0 Å². The lowest BCUT2D eigenvalue weighted by Gasteiger charge is -2.34. The van der Waals surface area contributed by atoms with Crippen molar-refractivity contribution in [3.05, 3.63) is 76.5 Å². The van der Waals surface area contributed by atoms with Crippen molar-refractivity contribution in [3.63, 3.8) is 0 Å². The Hall–Kier alpha value is -5.62. The molecule has 67 heavy (non-hydrogen) atoms. The van der Waals surface area contributed by atoms with E-state index in [0.29, 0.717) is 70.0 Å².